The molecule has 11 heterocycles. The van der Waals surface area contributed by atoms with Crippen LogP contribution in [0.15, 0.2) is 194 Å². The van der Waals surface area contributed by atoms with Crippen molar-refractivity contribution in [3.8, 4) is 23.4 Å². The number of pyridine rings is 2. The topological polar surface area (TPSA) is 281 Å². The van der Waals surface area contributed by atoms with Gasteiger partial charge in [0.15, 0.2) is 16.9 Å². The van der Waals surface area contributed by atoms with E-state index in [0.717, 1.165) is 113 Å². The van der Waals surface area contributed by atoms with Gasteiger partial charge in [-0.15, -0.1) is 0 Å². The van der Waals surface area contributed by atoms with Crippen LogP contribution in [-0.2, 0) is 14.4 Å². The van der Waals surface area contributed by atoms with Crippen molar-refractivity contribution in [1.29, 1.82) is 0 Å². The van der Waals surface area contributed by atoms with Gasteiger partial charge in [-0.05, 0) is 264 Å². The molecule has 3 amide bonds. The van der Waals surface area contributed by atoms with Crippen LogP contribution >= 0.6 is 11.8 Å². The summed E-state index contributed by atoms with van der Waals surface area (Å²) in [7, 11) is 6.56. The van der Waals surface area contributed by atoms with Gasteiger partial charge in [0, 0.05) is 81.5 Å². The molecule has 6 N–H and O–H groups in total. The van der Waals surface area contributed by atoms with Crippen molar-refractivity contribution in [2.45, 2.75) is 108 Å². The molecule has 0 bridgehead atoms. The first-order valence-electron chi connectivity index (χ1n) is 37.2. The maximum Gasteiger partial charge on any atom is 0.328 e. The summed E-state index contributed by atoms with van der Waals surface area (Å²) in [6.45, 7) is 29.9. The van der Waals surface area contributed by atoms with Crippen LogP contribution in [0, 0.1) is 41.5 Å². The van der Waals surface area contributed by atoms with Gasteiger partial charge >= 0.3 is 6.01 Å². The summed E-state index contributed by atoms with van der Waals surface area (Å²) in [6, 6.07) is 40.4. The second-order valence-corrected chi connectivity index (χ2v) is 29.4. The van der Waals surface area contributed by atoms with E-state index in [0.29, 0.717) is 81.1 Å². The molecule has 4 aromatic carbocycles. The Hall–Kier alpha value is -12.2. The van der Waals surface area contributed by atoms with E-state index >= 15 is 0 Å². The molecule has 3 aliphatic heterocycles. The molecule has 0 atom stereocenters. The Morgan fingerprint density at radius 1 is 0.441 bits per heavy atom. The number of ether oxygens (including phenoxy) is 2. The van der Waals surface area contributed by atoms with Gasteiger partial charge in [0.1, 0.15) is 39.8 Å². The highest BCUT2D eigenvalue weighted by Gasteiger charge is 2.26. The number of rotatable bonds is 21. The van der Waals surface area contributed by atoms with Crippen LogP contribution in [0.1, 0.15) is 107 Å². The van der Waals surface area contributed by atoms with Gasteiger partial charge in [-0.2, -0.15) is 34.3 Å². The quantitative estimate of drug-likeness (QED) is 0.0288. The summed E-state index contributed by atoms with van der Waals surface area (Å²) in [4.78, 5) is 71.7. The number of nitrogens with zero attached hydrogens (tertiary/aromatic N) is 15. The van der Waals surface area contributed by atoms with E-state index in [1.807, 2.05) is 48.5 Å². The molecule has 111 heavy (non-hydrogen) atoms. The second kappa shape index (κ2) is 35.0. The Kier molecular flexibility index (Phi) is 24.3. The van der Waals surface area contributed by atoms with E-state index in [1.165, 1.54) is 70.7 Å². The molecule has 0 spiro atoms. The molecule has 27 heteroatoms. The molecule has 15 rings (SSSR count). The first-order valence-corrected chi connectivity index (χ1v) is 38.0. The zero-order valence-electron chi connectivity index (χ0n) is 64.1. The monoisotopic (exact) mass is 1510 g/mol. The standard InChI is InChI=1S/2C28H31N7O2.C28H31N7OS/c1-5-26(36)30-21-7-6-8-22(17-21)37-28-33-27(32-25-9-12-29-35(25)28)31-24-16-18(2)23(15-19(24)3)20-10-13-34(4)14-11-20;2*1-5-26(36)31-21-7-6-8-22(16-21)37-27-17-24(32-25-9-12-29-35(25)27)33-28-18(2)15-23(19(3)30-28)20-10-13-34(4)14-11-20/h5-9,12,15-17,20H,1,10-11,13-14H2,2-4H3,(H,30,36)(H,31,32);2*5-9,12,15-17,20H,1,10-11,13-14H2,2-4H3,(H,31,36)(H,30,32,33). The fourth-order valence-electron chi connectivity index (χ4n) is 14.1. The normalized spacial score (nSPS) is 14.5. The number of anilines is 9. The Balaban J connectivity index is 0.000000146. The van der Waals surface area contributed by atoms with Gasteiger partial charge < -0.3 is 56.1 Å². The first-order chi connectivity index (χ1) is 53.7. The van der Waals surface area contributed by atoms with Crippen LogP contribution in [0.25, 0.3) is 16.9 Å². The molecule has 12 aromatic rings. The summed E-state index contributed by atoms with van der Waals surface area (Å²) >= 11 is 1.54. The Morgan fingerprint density at radius 3 is 1.41 bits per heavy atom. The SMILES string of the molecule is C=CC(=O)Nc1cccc(Oc2cc(Nc3nc(C)c(C4CCN(C)CC4)cc3C)nc3ccnn23)c1.C=CC(=O)Nc1cccc(Oc2nc(Nc3cc(C)c(C4CCN(C)CC4)cc3C)nc3ccnn23)c1.C=CC(=O)Nc1cccc(Sc2cc(Nc3nc(C)c(C4CCN(C)CC4)cc3C)nc3ccnn23)c1. The van der Waals surface area contributed by atoms with Crippen LogP contribution in [-0.4, -0.2) is 152 Å². The molecular weight excluding hydrogens is 1420 g/mol. The van der Waals surface area contributed by atoms with E-state index in [9.17, 15) is 14.4 Å². The van der Waals surface area contributed by atoms with E-state index in [4.69, 9.17) is 24.4 Å². The fourth-order valence-corrected chi connectivity index (χ4v) is 15.0. The molecule has 3 fully saturated rings. The van der Waals surface area contributed by atoms with E-state index < -0.39 is 0 Å². The highest BCUT2D eigenvalue weighted by molar-refractivity contribution is 7.99. The zero-order chi connectivity index (χ0) is 77.8. The number of hydrogen-bond donors (Lipinski definition) is 6. The Labute approximate surface area is 650 Å². The zero-order valence-corrected chi connectivity index (χ0v) is 64.9. The molecular formula is C84H93N21O5S. The highest BCUT2D eigenvalue weighted by atomic mass is 32.2. The van der Waals surface area contributed by atoms with E-state index in [2.05, 4.69) is 184 Å². The number of amides is 3. The number of likely N-dealkylation sites (tertiary alicyclic amines) is 3. The molecule has 0 unspecified atom stereocenters. The van der Waals surface area contributed by atoms with Crippen LogP contribution in [0.2, 0.25) is 0 Å². The van der Waals surface area contributed by atoms with E-state index in [1.54, 1.807) is 94.0 Å². The van der Waals surface area contributed by atoms with Crippen molar-refractivity contribution in [2.75, 3.05) is 92.3 Å². The van der Waals surface area contributed by atoms with Gasteiger partial charge in [0.25, 0.3) is 0 Å². The Bertz CT molecular complexity index is 4890. The van der Waals surface area contributed by atoms with Crippen molar-refractivity contribution in [3.63, 3.8) is 0 Å². The van der Waals surface area contributed by atoms with Crippen LogP contribution in [0.3, 0.4) is 0 Å². The lowest BCUT2D eigenvalue weighted by Gasteiger charge is -2.30. The van der Waals surface area contributed by atoms with Gasteiger partial charge in [0.2, 0.25) is 29.5 Å². The van der Waals surface area contributed by atoms with Gasteiger partial charge in [0.05, 0.1) is 18.6 Å². The summed E-state index contributed by atoms with van der Waals surface area (Å²) < 4.78 is 17.2. The van der Waals surface area contributed by atoms with Crippen LogP contribution in [0.5, 0.6) is 23.4 Å². The van der Waals surface area contributed by atoms with Gasteiger partial charge in [-0.1, -0.05) is 67.9 Å². The summed E-state index contributed by atoms with van der Waals surface area (Å²) in [5.41, 5.74) is 15.6. The molecule has 570 valence electrons. The lowest BCUT2D eigenvalue weighted by Crippen LogP contribution is -2.29. The molecule has 0 saturated carbocycles. The van der Waals surface area contributed by atoms with Crippen molar-refractivity contribution in [1.82, 2.24) is 73.4 Å². The molecule has 0 radical (unpaired) electrons. The third-order valence-electron chi connectivity index (χ3n) is 20.1. The number of piperidine rings is 3. The van der Waals surface area contributed by atoms with Gasteiger partial charge in [-0.25, -0.2) is 24.5 Å². The third-order valence-corrected chi connectivity index (χ3v) is 21.1. The number of aromatic nitrogens is 12. The average molecular weight is 1510 g/mol. The predicted molar refractivity (Wildman–Crippen MR) is 438 cm³/mol. The van der Waals surface area contributed by atoms with E-state index in [-0.39, 0.29) is 23.7 Å². The smallest absolute Gasteiger partial charge is 0.328 e. The molecule has 3 aliphatic rings. The van der Waals surface area contributed by atoms with Crippen molar-refractivity contribution >= 4 is 98.4 Å². The predicted octanol–water partition coefficient (Wildman–Crippen LogP) is 16.0. The minimum Gasteiger partial charge on any atom is -0.439 e. The Morgan fingerprint density at radius 2 is 0.883 bits per heavy atom. The number of benzene rings is 4. The number of carbonyl (C=O) groups excluding carboxylic acids is 3. The lowest BCUT2D eigenvalue weighted by atomic mass is 9.86. The fraction of sp³-hybridized carbons (Fsp3) is 0.286. The van der Waals surface area contributed by atoms with Crippen LogP contribution < -0.4 is 41.4 Å². The summed E-state index contributed by atoms with van der Waals surface area (Å²) in [5, 5.41) is 32.5. The van der Waals surface area contributed by atoms with Gasteiger partial charge in [-0.3, -0.25) is 14.4 Å². The number of carbonyl (C=O) groups is 3. The molecule has 3 saturated heterocycles. The maximum atomic E-state index is 11.7. The summed E-state index contributed by atoms with van der Waals surface area (Å²) in [5.74, 6) is 5.68. The maximum absolute atomic E-state index is 11.7. The molecule has 26 nitrogen and oxygen atoms in total. The van der Waals surface area contributed by atoms with Crippen molar-refractivity contribution in [3.05, 3.63) is 234 Å². The van der Waals surface area contributed by atoms with Crippen LogP contribution in [0.4, 0.5) is 52.0 Å². The minimum atomic E-state index is -0.298. The third kappa shape index (κ3) is 19.3. The molecule has 8 aromatic heterocycles. The molecule has 0 aliphatic carbocycles. The van der Waals surface area contributed by atoms with Crippen molar-refractivity contribution in [2.24, 2.45) is 0 Å². The number of aryl methyl sites for hydroxylation is 6. The summed E-state index contributed by atoms with van der Waals surface area (Å²) in [6.07, 6.45) is 15.8. The lowest BCUT2D eigenvalue weighted by molar-refractivity contribution is -0.112. The average Bonchev–Trinajstić information content (AvgIpc) is 1.78. The number of hydrogen-bond acceptors (Lipinski definition) is 21. The largest absolute Gasteiger partial charge is 0.439 e. The number of fused-ring (bicyclic) bond motifs is 3. The number of nitrogens with one attached hydrogen (secondary N) is 6. The second-order valence-electron chi connectivity index (χ2n) is 28.4. The first kappa shape index (κ1) is 77.0. The highest BCUT2D eigenvalue weighted by Crippen LogP contribution is 2.39. The van der Waals surface area contributed by atoms with Crippen molar-refractivity contribution < 1.29 is 23.9 Å². The minimum absolute atomic E-state index is 0.244.